The second kappa shape index (κ2) is 7.97. The summed E-state index contributed by atoms with van der Waals surface area (Å²) in [5.41, 5.74) is 1.24. The van der Waals surface area contributed by atoms with Crippen molar-refractivity contribution in [1.82, 2.24) is 10.3 Å². The van der Waals surface area contributed by atoms with Gasteiger partial charge in [0, 0.05) is 30.7 Å². The number of urea groups is 1. The van der Waals surface area contributed by atoms with Crippen molar-refractivity contribution in [2.45, 2.75) is 16.3 Å². The zero-order chi connectivity index (χ0) is 20.1. The quantitative estimate of drug-likeness (QED) is 0.522. The number of aromatic hydroxyl groups is 2. The Kier molecular flexibility index (Phi) is 5.46. The van der Waals surface area contributed by atoms with Crippen LogP contribution in [0, 0.1) is 0 Å². The number of anilines is 1. The molecule has 28 heavy (non-hydrogen) atoms. The predicted octanol–water partition coefficient (Wildman–Crippen LogP) is 2.65. The molecule has 3 aromatic rings. The van der Waals surface area contributed by atoms with Crippen molar-refractivity contribution in [1.29, 1.82) is 0 Å². The van der Waals surface area contributed by atoms with Gasteiger partial charge in [0.1, 0.15) is 16.4 Å². The average molecular weight is 399 g/mol. The summed E-state index contributed by atoms with van der Waals surface area (Å²) in [7, 11) is -3.97. The number of carbonyl (C=O) groups is 1. The van der Waals surface area contributed by atoms with E-state index in [2.05, 4.69) is 15.6 Å². The minimum Gasteiger partial charge on any atom is -0.508 e. The van der Waals surface area contributed by atoms with Gasteiger partial charge >= 0.3 is 6.03 Å². The molecule has 3 rings (SSSR count). The van der Waals surface area contributed by atoms with Crippen LogP contribution in [0.3, 0.4) is 0 Å². The van der Waals surface area contributed by atoms with Crippen LogP contribution >= 0.6 is 0 Å². The maximum Gasteiger partial charge on any atom is 0.319 e. The SMILES string of the molecule is O=C(NCc1cccnc1)Nc1ccc(S(=O)(=O)c2ccc(O)cc2O)cc1. The van der Waals surface area contributed by atoms with Crippen LogP contribution in [0.4, 0.5) is 10.5 Å². The Hall–Kier alpha value is -3.59. The zero-order valence-electron chi connectivity index (χ0n) is 14.5. The summed E-state index contributed by atoms with van der Waals surface area (Å²) in [6.45, 7) is 0.298. The second-order valence-corrected chi connectivity index (χ2v) is 7.77. The standard InChI is InChI=1S/C19H17N3O5S/c23-15-5-8-18(17(24)10-15)28(26,27)16-6-3-14(4-7-16)22-19(25)21-12-13-2-1-9-20-11-13/h1-11,23-24H,12H2,(H2,21,22,25). The summed E-state index contributed by atoms with van der Waals surface area (Å²) >= 11 is 0. The van der Waals surface area contributed by atoms with Crippen molar-refractivity contribution in [3.8, 4) is 11.5 Å². The molecule has 8 nitrogen and oxygen atoms in total. The fourth-order valence-corrected chi connectivity index (χ4v) is 3.77. The summed E-state index contributed by atoms with van der Waals surface area (Å²) in [6, 6.07) is 11.9. The normalized spacial score (nSPS) is 11.0. The molecule has 0 atom stereocenters. The number of hydrogen-bond acceptors (Lipinski definition) is 6. The number of rotatable bonds is 5. The van der Waals surface area contributed by atoms with Gasteiger partial charge in [0.15, 0.2) is 0 Å². The largest absolute Gasteiger partial charge is 0.508 e. The van der Waals surface area contributed by atoms with E-state index in [4.69, 9.17) is 0 Å². The summed E-state index contributed by atoms with van der Waals surface area (Å²) in [5.74, 6) is -0.787. The second-order valence-electron chi connectivity index (χ2n) is 5.85. The molecule has 0 aliphatic rings. The fraction of sp³-hybridized carbons (Fsp3) is 0.0526. The van der Waals surface area contributed by atoms with Crippen LogP contribution in [0.25, 0.3) is 0 Å². The maximum absolute atomic E-state index is 12.6. The van der Waals surface area contributed by atoms with E-state index >= 15 is 0 Å². The van der Waals surface area contributed by atoms with Crippen molar-refractivity contribution in [2.24, 2.45) is 0 Å². The molecule has 1 aromatic heterocycles. The molecule has 0 radical (unpaired) electrons. The molecular formula is C19H17N3O5S. The number of aromatic nitrogens is 1. The molecule has 0 spiro atoms. The van der Waals surface area contributed by atoms with Crippen LogP contribution in [0.1, 0.15) is 5.56 Å². The van der Waals surface area contributed by atoms with Crippen LogP contribution in [0.5, 0.6) is 11.5 Å². The first-order chi connectivity index (χ1) is 13.4. The lowest BCUT2D eigenvalue weighted by molar-refractivity contribution is 0.251. The van der Waals surface area contributed by atoms with Crippen molar-refractivity contribution in [2.75, 3.05) is 5.32 Å². The number of phenolic OH excluding ortho intramolecular Hbond substituents is 2. The smallest absolute Gasteiger partial charge is 0.319 e. The van der Waals surface area contributed by atoms with E-state index in [0.29, 0.717) is 12.2 Å². The van der Waals surface area contributed by atoms with Crippen molar-refractivity contribution in [3.05, 3.63) is 72.6 Å². The lowest BCUT2D eigenvalue weighted by atomic mass is 10.3. The Labute approximate surface area is 161 Å². The summed E-state index contributed by atoms with van der Waals surface area (Å²) in [5, 5.41) is 24.4. The third-order valence-corrected chi connectivity index (χ3v) is 5.65. The molecule has 0 unspecified atom stereocenters. The Morgan fingerprint density at radius 2 is 1.79 bits per heavy atom. The maximum atomic E-state index is 12.6. The summed E-state index contributed by atoms with van der Waals surface area (Å²) in [4.78, 5) is 15.5. The summed E-state index contributed by atoms with van der Waals surface area (Å²) in [6.07, 6.45) is 3.27. The number of phenols is 2. The van der Waals surface area contributed by atoms with Gasteiger partial charge in [0.2, 0.25) is 9.84 Å². The Balaban J connectivity index is 1.68. The highest BCUT2D eigenvalue weighted by Crippen LogP contribution is 2.31. The third kappa shape index (κ3) is 4.38. The van der Waals surface area contributed by atoms with E-state index in [0.717, 1.165) is 17.7 Å². The molecule has 0 aliphatic carbocycles. The number of carbonyl (C=O) groups excluding carboxylic acids is 1. The van der Waals surface area contributed by atoms with Crippen LogP contribution in [-0.4, -0.2) is 29.6 Å². The Morgan fingerprint density at radius 1 is 1.04 bits per heavy atom. The van der Waals surface area contributed by atoms with Crippen LogP contribution in [0.15, 0.2) is 76.8 Å². The molecule has 0 saturated carbocycles. The topological polar surface area (TPSA) is 129 Å². The molecule has 144 valence electrons. The molecule has 0 fully saturated rings. The first kappa shape index (κ1) is 19.2. The van der Waals surface area contributed by atoms with Crippen molar-refractivity contribution in [3.63, 3.8) is 0 Å². The molecule has 0 bridgehead atoms. The van der Waals surface area contributed by atoms with Crippen LogP contribution in [0.2, 0.25) is 0 Å². The third-order valence-electron chi connectivity index (χ3n) is 3.83. The first-order valence-electron chi connectivity index (χ1n) is 8.17. The number of nitrogens with zero attached hydrogens (tertiary/aromatic N) is 1. The van der Waals surface area contributed by atoms with Gasteiger partial charge in [-0.05, 0) is 48.0 Å². The number of sulfone groups is 1. The van der Waals surface area contributed by atoms with Gasteiger partial charge in [-0.15, -0.1) is 0 Å². The summed E-state index contributed by atoms with van der Waals surface area (Å²) < 4.78 is 25.2. The highest BCUT2D eigenvalue weighted by molar-refractivity contribution is 7.91. The van der Waals surface area contributed by atoms with Gasteiger partial charge in [-0.2, -0.15) is 0 Å². The molecule has 0 aliphatic heterocycles. The number of amides is 2. The minimum atomic E-state index is -3.97. The highest BCUT2D eigenvalue weighted by Gasteiger charge is 2.21. The average Bonchev–Trinajstić information content (AvgIpc) is 2.67. The number of hydrogen-bond donors (Lipinski definition) is 4. The molecular weight excluding hydrogens is 382 g/mol. The zero-order valence-corrected chi connectivity index (χ0v) is 15.3. The van der Waals surface area contributed by atoms with E-state index < -0.39 is 21.6 Å². The van der Waals surface area contributed by atoms with Gasteiger partial charge in [0.25, 0.3) is 0 Å². The molecule has 4 N–H and O–H groups in total. The lowest BCUT2D eigenvalue weighted by Crippen LogP contribution is -2.28. The molecule has 1 heterocycles. The van der Waals surface area contributed by atoms with Gasteiger partial charge in [-0.25, -0.2) is 13.2 Å². The van der Waals surface area contributed by atoms with Crippen LogP contribution < -0.4 is 10.6 Å². The Bertz CT molecular complexity index is 1080. The Morgan fingerprint density at radius 3 is 2.43 bits per heavy atom. The fourth-order valence-electron chi connectivity index (χ4n) is 2.44. The van der Waals surface area contributed by atoms with Gasteiger partial charge in [-0.1, -0.05) is 6.07 Å². The van der Waals surface area contributed by atoms with E-state index in [9.17, 15) is 23.4 Å². The molecule has 0 saturated heterocycles. The van der Waals surface area contributed by atoms with E-state index in [1.807, 2.05) is 6.07 Å². The molecule has 9 heteroatoms. The first-order valence-corrected chi connectivity index (χ1v) is 9.65. The van der Waals surface area contributed by atoms with Crippen molar-refractivity contribution >= 4 is 21.6 Å². The number of pyridine rings is 1. The van der Waals surface area contributed by atoms with Gasteiger partial charge < -0.3 is 20.8 Å². The molecule has 2 amide bonds. The highest BCUT2D eigenvalue weighted by atomic mass is 32.2. The van der Waals surface area contributed by atoms with Crippen LogP contribution in [-0.2, 0) is 16.4 Å². The van der Waals surface area contributed by atoms with E-state index in [1.54, 1.807) is 18.5 Å². The monoisotopic (exact) mass is 399 g/mol. The van der Waals surface area contributed by atoms with Gasteiger partial charge in [0.05, 0.1) is 4.90 Å². The number of benzene rings is 2. The molecule has 2 aromatic carbocycles. The number of nitrogens with one attached hydrogen (secondary N) is 2. The van der Waals surface area contributed by atoms with Crippen molar-refractivity contribution < 1.29 is 23.4 Å². The minimum absolute atomic E-state index is 0.0604. The predicted molar refractivity (Wildman–Crippen MR) is 102 cm³/mol. The van der Waals surface area contributed by atoms with E-state index in [-0.39, 0.29) is 15.5 Å². The van der Waals surface area contributed by atoms with E-state index in [1.165, 1.54) is 30.3 Å². The lowest BCUT2D eigenvalue weighted by Gasteiger charge is -2.10. The van der Waals surface area contributed by atoms with Gasteiger partial charge in [-0.3, -0.25) is 4.98 Å².